The predicted molar refractivity (Wildman–Crippen MR) is 85.9 cm³/mol. The number of carbonyl (C=O) groups is 2. The molecular formula is C18H17NO2S. The first-order chi connectivity index (χ1) is 10.7. The molecule has 2 aliphatic rings. The lowest BCUT2D eigenvalue weighted by Crippen LogP contribution is -2.52. The van der Waals surface area contributed by atoms with Gasteiger partial charge in [0.05, 0.1) is 12.0 Å². The molecular weight excluding hydrogens is 294 g/mol. The number of rotatable bonds is 3. The number of Topliss-reactive ketones (excluding diaryl/α,β-unsaturated/α-hetero) is 1. The second-order valence-corrected chi connectivity index (χ2v) is 7.03. The number of amides is 1. The van der Waals surface area contributed by atoms with Gasteiger partial charge in [-0.3, -0.25) is 9.59 Å². The molecule has 2 aromatic rings. The molecule has 1 saturated carbocycles. The third-order valence-corrected chi connectivity index (χ3v) is 5.32. The van der Waals surface area contributed by atoms with Crippen molar-refractivity contribution >= 4 is 23.0 Å². The lowest BCUT2D eigenvalue weighted by atomic mass is 9.77. The van der Waals surface area contributed by atoms with Gasteiger partial charge in [0.1, 0.15) is 5.78 Å². The summed E-state index contributed by atoms with van der Waals surface area (Å²) >= 11 is 1.58. The molecule has 0 unspecified atom stereocenters. The van der Waals surface area contributed by atoms with Crippen LogP contribution in [0.4, 0.5) is 0 Å². The van der Waals surface area contributed by atoms with E-state index in [0.717, 1.165) is 11.1 Å². The van der Waals surface area contributed by atoms with Crippen molar-refractivity contribution in [3.63, 3.8) is 0 Å². The molecule has 1 aliphatic heterocycles. The first kappa shape index (κ1) is 13.7. The Balaban J connectivity index is 1.79. The van der Waals surface area contributed by atoms with Crippen LogP contribution in [0.5, 0.6) is 0 Å². The van der Waals surface area contributed by atoms with Crippen molar-refractivity contribution in [2.75, 3.05) is 0 Å². The normalized spacial score (nSPS) is 25.1. The zero-order chi connectivity index (χ0) is 15.2. The standard InChI is InChI=1S/C18H17NO2S/c20-16-9-17(21)19-18(10-16,15-7-8-22-11-15)14-5-3-13(4-6-14)12-1-2-12/h3-8,11-12H,1-2,9-10H2,(H,19,21)/t18-/m0/s1. The van der Waals surface area contributed by atoms with Crippen molar-refractivity contribution in [2.24, 2.45) is 0 Å². The molecule has 1 amide bonds. The minimum atomic E-state index is -0.700. The molecule has 112 valence electrons. The molecule has 4 heteroatoms. The first-order valence-corrected chi connectivity index (χ1v) is 8.57. The van der Waals surface area contributed by atoms with Crippen LogP contribution in [0.15, 0.2) is 41.1 Å². The van der Waals surface area contributed by atoms with E-state index in [2.05, 4.69) is 29.6 Å². The van der Waals surface area contributed by atoms with Crippen LogP contribution in [0.2, 0.25) is 0 Å². The van der Waals surface area contributed by atoms with E-state index in [1.54, 1.807) is 11.3 Å². The quantitative estimate of drug-likeness (QED) is 0.884. The Labute approximate surface area is 133 Å². The smallest absolute Gasteiger partial charge is 0.228 e. The van der Waals surface area contributed by atoms with E-state index in [4.69, 9.17) is 0 Å². The van der Waals surface area contributed by atoms with E-state index in [-0.39, 0.29) is 18.1 Å². The Bertz CT molecular complexity index is 698. The molecule has 3 nitrogen and oxygen atoms in total. The molecule has 1 aliphatic carbocycles. The molecule has 0 bridgehead atoms. The number of benzene rings is 1. The summed E-state index contributed by atoms with van der Waals surface area (Å²) in [6.07, 6.45) is 2.86. The number of thiophene rings is 1. The molecule has 1 N–H and O–H groups in total. The highest BCUT2D eigenvalue weighted by molar-refractivity contribution is 7.08. The number of piperidine rings is 1. The molecule has 0 spiro atoms. The Kier molecular flexibility index (Phi) is 3.15. The van der Waals surface area contributed by atoms with E-state index >= 15 is 0 Å². The van der Waals surface area contributed by atoms with Gasteiger partial charge in [-0.1, -0.05) is 24.3 Å². The van der Waals surface area contributed by atoms with E-state index in [9.17, 15) is 9.59 Å². The first-order valence-electron chi connectivity index (χ1n) is 7.63. The Morgan fingerprint density at radius 2 is 1.82 bits per heavy atom. The highest BCUT2D eigenvalue weighted by Gasteiger charge is 2.42. The lowest BCUT2D eigenvalue weighted by Gasteiger charge is -2.37. The molecule has 1 aromatic carbocycles. The number of ketones is 1. The fourth-order valence-corrected chi connectivity index (χ4v) is 4.07. The fourth-order valence-electron chi connectivity index (χ4n) is 3.34. The third-order valence-electron chi connectivity index (χ3n) is 4.64. The molecule has 2 fully saturated rings. The summed E-state index contributed by atoms with van der Waals surface area (Å²) in [6.45, 7) is 0. The van der Waals surface area contributed by atoms with Gasteiger partial charge >= 0.3 is 0 Å². The highest BCUT2D eigenvalue weighted by atomic mass is 32.1. The van der Waals surface area contributed by atoms with Crippen molar-refractivity contribution in [3.05, 3.63) is 57.8 Å². The minimum Gasteiger partial charge on any atom is -0.342 e. The van der Waals surface area contributed by atoms with Crippen LogP contribution >= 0.6 is 11.3 Å². The van der Waals surface area contributed by atoms with Gasteiger partial charge in [-0.2, -0.15) is 11.3 Å². The molecule has 2 heterocycles. The van der Waals surface area contributed by atoms with Gasteiger partial charge in [0.2, 0.25) is 5.91 Å². The van der Waals surface area contributed by atoms with Crippen LogP contribution in [0.3, 0.4) is 0 Å². The van der Waals surface area contributed by atoms with E-state index in [1.807, 2.05) is 16.8 Å². The van der Waals surface area contributed by atoms with Crippen molar-refractivity contribution < 1.29 is 9.59 Å². The molecule has 1 atom stereocenters. The SMILES string of the molecule is O=C1CC(=O)N[C@@](c2ccc(C3CC3)cc2)(c2ccsc2)C1. The molecule has 0 radical (unpaired) electrons. The zero-order valence-electron chi connectivity index (χ0n) is 12.2. The largest absolute Gasteiger partial charge is 0.342 e. The summed E-state index contributed by atoms with van der Waals surface area (Å²) in [5.74, 6) is 0.517. The molecule has 1 saturated heterocycles. The topological polar surface area (TPSA) is 46.2 Å². The maximum Gasteiger partial charge on any atom is 0.228 e. The van der Waals surface area contributed by atoms with Crippen molar-refractivity contribution in [1.29, 1.82) is 0 Å². The van der Waals surface area contributed by atoms with Gasteiger partial charge in [0.25, 0.3) is 0 Å². The van der Waals surface area contributed by atoms with Gasteiger partial charge in [-0.15, -0.1) is 0 Å². The van der Waals surface area contributed by atoms with Crippen LogP contribution in [0.25, 0.3) is 0 Å². The highest BCUT2D eigenvalue weighted by Crippen LogP contribution is 2.42. The van der Waals surface area contributed by atoms with Gasteiger partial charge < -0.3 is 5.32 Å². The molecule has 4 rings (SSSR count). The maximum absolute atomic E-state index is 12.1. The van der Waals surface area contributed by atoms with Crippen LogP contribution in [-0.4, -0.2) is 11.7 Å². The van der Waals surface area contributed by atoms with Crippen molar-refractivity contribution in [1.82, 2.24) is 5.32 Å². The lowest BCUT2D eigenvalue weighted by molar-refractivity contribution is -0.133. The Morgan fingerprint density at radius 3 is 2.41 bits per heavy atom. The van der Waals surface area contributed by atoms with Crippen LogP contribution in [0, 0.1) is 0 Å². The van der Waals surface area contributed by atoms with Crippen molar-refractivity contribution in [2.45, 2.75) is 37.1 Å². The average Bonchev–Trinajstić information content (AvgIpc) is 3.20. The predicted octanol–water partition coefficient (Wildman–Crippen LogP) is 3.35. The van der Waals surface area contributed by atoms with Gasteiger partial charge in [0.15, 0.2) is 0 Å². The monoisotopic (exact) mass is 311 g/mol. The fraction of sp³-hybridized carbons (Fsp3) is 0.333. The van der Waals surface area contributed by atoms with Crippen LogP contribution in [-0.2, 0) is 15.1 Å². The number of carbonyl (C=O) groups excluding carboxylic acids is 2. The van der Waals surface area contributed by atoms with Crippen molar-refractivity contribution in [3.8, 4) is 0 Å². The second kappa shape index (κ2) is 5.06. The number of hydrogen-bond donors (Lipinski definition) is 1. The summed E-state index contributed by atoms with van der Waals surface area (Å²) in [5, 5.41) is 7.10. The maximum atomic E-state index is 12.1. The number of nitrogens with one attached hydrogen (secondary N) is 1. The zero-order valence-corrected chi connectivity index (χ0v) is 13.0. The summed E-state index contributed by atoms with van der Waals surface area (Å²) < 4.78 is 0. The summed E-state index contributed by atoms with van der Waals surface area (Å²) in [5.41, 5.74) is 2.65. The third kappa shape index (κ3) is 2.28. The van der Waals surface area contributed by atoms with E-state index < -0.39 is 5.54 Å². The summed E-state index contributed by atoms with van der Waals surface area (Å²) in [7, 11) is 0. The molecule has 22 heavy (non-hydrogen) atoms. The van der Waals surface area contributed by atoms with E-state index in [1.165, 1.54) is 18.4 Å². The number of hydrogen-bond acceptors (Lipinski definition) is 3. The van der Waals surface area contributed by atoms with Crippen LogP contribution < -0.4 is 5.32 Å². The second-order valence-electron chi connectivity index (χ2n) is 6.25. The van der Waals surface area contributed by atoms with E-state index in [0.29, 0.717) is 12.3 Å². The Morgan fingerprint density at radius 1 is 1.05 bits per heavy atom. The van der Waals surface area contributed by atoms with Crippen LogP contribution in [0.1, 0.15) is 48.3 Å². The summed E-state index contributed by atoms with van der Waals surface area (Å²) in [6, 6.07) is 10.4. The summed E-state index contributed by atoms with van der Waals surface area (Å²) in [4.78, 5) is 24.1. The van der Waals surface area contributed by atoms with Gasteiger partial charge in [0, 0.05) is 6.42 Å². The van der Waals surface area contributed by atoms with Gasteiger partial charge in [-0.25, -0.2) is 0 Å². The van der Waals surface area contributed by atoms with Gasteiger partial charge in [-0.05, 0) is 52.3 Å². The minimum absolute atomic E-state index is 0.00113. The molecule has 1 aromatic heterocycles. The Hall–Kier alpha value is -1.94. The average molecular weight is 311 g/mol.